The van der Waals surface area contributed by atoms with E-state index in [4.69, 9.17) is 0 Å². The van der Waals surface area contributed by atoms with Gasteiger partial charge in [-0.05, 0) is 6.92 Å². The molecule has 1 nitrogen and oxygen atoms in total. The molecule has 0 N–H and O–H groups in total. The van der Waals surface area contributed by atoms with Crippen molar-refractivity contribution in [1.29, 1.82) is 0 Å². The third-order valence-corrected chi connectivity index (χ3v) is 3.05. The molecule has 0 aromatic carbocycles. The average Bonchev–Trinajstić information content (AvgIpc) is 2.50. The van der Waals surface area contributed by atoms with Gasteiger partial charge in [-0.3, -0.25) is 0 Å². The first-order valence-corrected chi connectivity index (χ1v) is 6.31. The van der Waals surface area contributed by atoms with Gasteiger partial charge in [0.2, 0.25) is 0 Å². The van der Waals surface area contributed by atoms with Crippen LogP contribution in [0.1, 0.15) is 6.92 Å². The predicted molar refractivity (Wildman–Crippen MR) is 56.6 cm³/mol. The summed E-state index contributed by atoms with van der Waals surface area (Å²) in [6.07, 6.45) is -14.9. The first kappa shape index (κ1) is 27.4. The molecule has 0 amide bonds. The van der Waals surface area contributed by atoms with E-state index in [-0.39, 0.29) is 6.08 Å². The Hall–Kier alpha value is -1.65. The second-order valence-corrected chi connectivity index (χ2v) is 5.05. The van der Waals surface area contributed by atoms with Gasteiger partial charge in [0.25, 0.3) is 0 Å². The highest BCUT2D eigenvalue weighted by molar-refractivity contribution is 5.14. The summed E-state index contributed by atoms with van der Waals surface area (Å²) >= 11 is 0. The molecule has 0 rings (SSSR count). The Morgan fingerprint density at radius 2 is 0.724 bits per heavy atom. The molecule has 0 aliphatic heterocycles. The maximum atomic E-state index is 13.2. The van der Waals surface area contributed by atoms with Gasteiger partial charge in [-0.2, -0.15) is 74.6 Å². The monoisotopic (exact) mass is 476 g/mol. The van der Waals surface area contributed by atoms with Gasteiger partial charge in [-0.1, -0.05) is 6.08 Å². The summed E-state index contributed by atoms with van der Waals surface area (Å²) < 4.78 is 220. The molecule has 174 valence electrons. The van der Waals surface area contributed by atoms with Gasteiger partial charge in [-0.15, -0.1) is 0 Å². The van der Waals surface area contributed by atoms with Gasteiger partial charge in [-0.25, -0.2) is 0 Å². The van der Waals surface area contributed by atoms with Crippen molar-refractivity contribution in [3.8, 4) is 0 Å². The van der Waals surface area contributed by atoms with E-state index >= 15 is 0 Å². The molecule has 0 heterocycles. The van der Waals surface area contributed by atoms with Crippen molar-refractivity contribution in [1.82, 2.24) is 0 Å². The minimum atomic E-state index is -8.64. The summed E-state index contributed by atoms with van der Waals surface area (Å²) in [6.45, 7) is 0.689. The smallest absolute Gasteiger partial charge is 0.436 e. The summed E-state index contributed by atoms with van der Waals surface area (Å²) in [5.74, 6) is -50.1. The summed E-state index contributed by atoms with van der Waals surface area (Å²) in [7, 11) is 0. The first-order chi connectivity index (χ1) is 12.3. The lowest BCUT2D eigenvalue weighted by molar-refractivity contribution is -0.474. The second-order valence-electron chi connectivity index (χ2n) is 5.05. The minimum Gasteiger partial charge on any atom is -0.436 e. The fraction of sp³-hybridized carbons (Fsp3) is 0.818. The number of allylic oxidation sites excluding steroid dienone is 1. The van der Waals surface area contributed by atoms with E-state index in [1.807, 2.05) is 0 Å². The number of ether oxygens (including phenoxy) is 1. The predicted octanol–water partition coefficient (Wildman–Crippen LogP) is 6.50. The molecule has 0 aliphatic carbocycles. The van der Waals surface area contributed by atoms with Crippen LogP contribution in [-0.2, 0) is 4.74 Å². The normalized spacial score (nSPS) is 16.5. The molecule has 0 aliphatic rings. The standard InChI is InChI=1S/C11H5F17O/c1-2-3-29-11(27,28)9(22,23)7(18,19)5(14,15)4(12,13)6(16,17)8(20,21)10(24,25)26/h2-3H,1H3. The van der Waals surface area contributed by atoms with Gasteiger partial charge in [0.1, 0.15) is 0 Å². The highest BCUT2D eigenvalue weighted by Gasteiger charge is 2.95. The fourth-order valence-electron chi connectivity index (χ4n) is 1.38. The van der Waals surface area contributed by atoms with E-state index in [1.165, 1.54) is 0 Å². The Kier molecular flexibility index (Phi) is 6.56. The zero-order valence-electron chi connectivity index (χ0n) is 13.0. The molecule has 0 saturated heterocycles. The van der Waals surface area contributed by atoms with Crippen LogP contribution in [0.5, 0.6) is 0 Å². The number of alkyl halides is 17. The Bertz CT molecular complexity index is 613. The van der Waals surface area contributed by atoms with Crippen molar-refractivity contribution >= 4 is 0 Å². The van der Waals surface area contributed by atoms with E-state index in [0.717, 1.165) is 0 Å². The molecule has 0 unspecified atom stereocenters. The van der Waals surface area contributed by atoms with Crippen molar-refractivity contribution in [3.05, 3.63) is 12.3 Å². The van der Waals surface area contributed by atoms with Crippen LogP contribution in [0.15, 0.2) is 12.3 Å². The Labute approximate surface area is 148 Å². The third kappa shape index (κ3) is 3.55. The SMILES string of the molecule is CC=COC(F)(F)C(F)(F)C(F)(F)C(F)(F)C(F)(F)C(F)(F)C(F)(F)C(F)(F)F. The maximum Gasteiger partial charge on any atom is 0.470 e. The van der Waals surface area contributed by atoms with Gasteiger partial charge in [0, 0.05) is 0 Å². The summed E-state index contributed by atoms with van der Waals surface area (Å²) in [6, 6.07) is 0. The number of rotatable bonds is 8. The molecule has 0 spiro atoms. The van der Waals surface area contributed by atoms with Crippen molar-refractivity contribution < 1.29 is 79.4 Å². The van der Waals surface area contributed by atoms with E-state index in [0.29, 0.717) is 6.92 Å². The average molecular weight is 476 g/mol. The maximum absolute atomic E-state index is 13.2. The third-order valence-electron chi connectivity index (χ3n) is 3.05. The molecule has 0 saturated carbocycles. The zero-order chi connectivity index (χ0) is 24.1. The van der Waals surface area contributed by atoms with Crippen LogP contribution >= 0.6 is 0 Å². The topological polar surface area (TPSA) is 9.23 Å². The molecule has 0 aromatic heterocycles. The summed E-state index contributed by atoms with van der Waals surface area (Å²) in [5.41, 5.74) is 0. The van der Waals surface area contributed by atoms with Crippen LogP contribution in [0.4, 0.5) is 74.6 Å². The van der Waals surface area contributed by atoms with E-state index in [9.17, 15) is 74.6 Å². The van der Waals surface area contributed by atoms with Crippen molar-refractivity contribution in [2.75, 3.05) is 0 Å². The quantitative estimate of drug-likeness (QED) is 0.287. The summed E-state index contributed by atoms with van der Waals surface area (Å²) in [4.78, 5) is 0. The highest BCUT2D eigenvalue weighted by atomic mass is 19.4. The van der Waals surface area contributed by atoms with Crippen molar-refractivity contribution in [3.63, 3.8) is 0 Å². The lowest BCUT2D eigenvalue weighted by Crippen LogP contribution is -2.74. The first-order valence-electron chi connectivity index (χ1n) is 6.31. The lowest BCUT2D eigenvalue weighted by Gasteiger charge is -2.42. The molecule has 0 fully saturated rings. The minimum absolute atomic E-state index is 0.243. The van der Waals surface area contributed by atoms with Crippen LogP contribution in [0.25, 0.3) is 0 Å². The number of hydrogen-bond donors (Lipinski definition) is 0. The Balaban J connectivity index is 6.65. The highest BCUT2D eigenvalue weighted by Crippen LogP contribution is 2.63. The number of hydrogen-bond acceptors (Lipinski definition) is 1. The number of halogens is 17. The molecule has 0 aromatic rings. The van der Waals surface area contributed by atoms with E-state index in [2.05, 4.69) is 4.74 Å². The van der Waals surface area contributed by atoms with Crippen molar-refractivity contribution in [2.45, 2.75) is 54.7 Å². The fourth-order valence-corrected chi connectivity index (χ4v) is 1.38. The molecular formula is C11H5F17O. The van der Waals surface area contributed by atoms with Gasteiger partial charge in [0.15, 0.2) is 0 Å². The van der Waals surface area contributed by atoms with Crippen LogP contribution in [0.2, 0.25) is 0 Å². The summed E-state index contributed by atoms with van der Waals surface area (Å²) in [5, 5.41) is 0. The largest absolute Gasteiger partial charge is 0.470 e. The molecule has 0 bridgehead atoms. The van der Waals surface area contributed by atoms with E-state index in [1.54, 1.807) is 0 Å². The molecule has 0 radical (unpaired) electrons. The van der Waals surface area contributed by atoms with Crippen LogP contribution in [0.3, 0.4) is 0 Å². The van der Waals surface area contributed by atoms with Crippen LogP contribution < -0.4 is 0 Å². The van der Waals surface area contributed by atoms with Crippen LogP contribution in [-0.4, -0.2) is 47.8 Å². The van der Waals surface area contributed by atoms with Crippen molar-refractivity contribution in [2.24, 2.45) is 0 Å². The molecule has 29 heavy (non-hydrogen) atoms. The van der Waals surface area contributed by atoms with Gasteiger partial charge < -0.3 is 4.74 Å². The van der Waals surface area contributed by atoms with Gasteiger partial charge in [0.05, 0.1) is 6.26 Å². The van der Waals surface area contributed by atoms with E-state index < -0.39 is 54.1 Å². The Morgan fingerprint density at radius 1 is 0.448 bits per heavy atom. The molecular weight excluding hydrogens is 471 g/mol. The Morgan fingerprint density at radius 3 is 1.00 bits per heavy atom. The lowest BCUT2D eigenvalue weighted by atomic mass is 9.90. The van der Waals surface area contributed by atoms with Gasteiger partial charge >= 0.3 is 47.8 Å². The zero-order valence-corrected chi connectivity index (χ0v) is 13.0. The second kappa shape index (κ2) is 6.95. The molecule has 18 heteroatoms. The molecule has 0 atom stereocenters. The van der Waals surface area contributed by atoms with Crippen LogP contribution in [0, 0.1) is 0 Å².